The van der Waals surface area contributed by atoms with Gasteiger partial charge in [-0.1, -0.05) is 6.07 Å². The standard InChI is InChI=1S/C27H31N7O3/c1-16(2)33-24(35)21-15-30-26(31-19-7-6-17-8-10-28-14-18(17)12-19)32-23(21)34(33)20-9-11-29-22(13-20)27(3,4)25(36)37-5/h6-7,9,11-13,15-16,28H,8,10,14H2,1-5H3,(H,30,31,32). The van der Waals surface area contributed by atoms with Gasteiger partial charge in [0.1, 0.15) is 10.8 Å². The molecule has 0 unspecified atom stereocenters. The van der Waals surface area contributed by atoms with E-state index in [2.05, 4.69) is 32.7 Å². The highest BCUT2D eigenvalue weighted by Crippen LogP contribution is 2.27. The Morgan fingerprint density at radius 2 is 1.97 bits per heavy atom. The van der Waals surface area contributed by atoms with Crippen molar-refractivity contribution in [3.63, 3.8) is 0 Å². The molecule has 10 heteroatoms. The number of benzene rings is 1. The van der Waals surface area contributed by atoms with Crippen LogP contribution in [0.15, 0.2) is 47.5 Å². The molecule has 10 nitrogen and oxygen atoms in total. The quantitative estimate of drug-likeness (QED) is 0.386. The number of hydrogen-bond donors (Lipinski definition) is 2. The Morgan fingerprint density at radius 3 is 2.73 bits per heavy atom. The zero-order valence-corrected chi connectivity index (χ0v) is 21.7. The van der Waals surface area contributed by atoms with Gasteiger partial charge in [-0.25, -0.2) is 14.3 Å². The van der Waals surface area contributed by atoms with Crippen molar-refractivity contribution in [2.75, 3.05) is 19.0 Å². The van der Waals surface area contributed by atoms with Crippen LogP contribution in [0, 0.1) is 0 Å². The van der Waals surface area contributed by atoms with Gasteiger partial charge in [0.25, 0.3) is 5.56 Å². The monoisotopic (exact) mass is 501 g/mol. The molecule has 3 aromatic heterocycles. The van der Waals surface area contributed by atoms with Crippen molar-refractivity contribution in [1.29, 1.82) is 0 Å². The molecule has 0 saturated carbocycles. The molecular weight excluding hydrogens is 470 g/mol. The van der Waals surface area contributed by atoms with E-state index in [4.69, 9.17) is 9.72 Å². The number of rotatable bonds is 6. The Morgan fingerprint density at radius 1 is 1.16 bits per heavy atom. The van der Waals surface area contributed by atoms with Crippen LogP contribution in [-0.4, -0.2) is 43.9 Å². The fourth-order valence-corrected chi connectivity index (χ4v) is 4.71. The third kappa shape index (κ3) is 4.37. The molecule has 2 N–H and O–H groups in total. The molecule has 192 valence electrons. The molecule has 5 rings (SSSR count). The van der Waals surface area contributed by atoms with Gasteiger partial charge in [0.05, 0.1) is 18.5 Å². The Hall–Kier alpha value is -4.05. The number of hydrogen-bond acceptors (Lipinski definition) is 8. The van der Waals surface area contributed by atoms with Crippen LogP contribution >= 0.6 is 0 Å². The first kappa shape index (κ1) is 24.6. The number of ether oxygens (including phenoxy) is 1. The van der Waals surface area contributed by atoms with Crippen molar-refractivity contribution in [3.05, 3.63) is 69.9 Å². The van der Waals surface area contributed by atoms with Gasteiger partial charge >= 0.3 is 5.97 Å². The molecule has 1 aliphatic heterocycles. The smallest absolute Gasteiger partial charge is 0.317 e. The number of pyridine rings is 1. The lowest BCUT2D eigenvalue weighted by Crippen LogP contribution is -2.31. The van der Waals surface area contributed by atoms with Gasteiger partial charge in [-0.2, -0.15) is 4.98 Å². The highest BCUT2D eigenvalue weighted by atomic mass is 16.5. The first-order chi connectivity index (χ1) is 17.7. The van der Waals surface area contributed by atoms with Crippen LogP contribution in [0.2, 0.25) is 0 Å². The number of methoxy groups -OCH3 is 1. The molecule has 0 saturated heterocycles. The van der Waals surface area contributed by atoms with E-state index in [0.29, 0.717) is 28.4 Å². The molecule has 0 fully saturated rings. The number of aromatic nitrogens is 5. The molecule has 1 aliphatic rings. The Bertz CT molecular complexity index is 1550. The van der Waals surface area contributed by atoms with Gasteiger partial charge in [-0.05, 0) is 76.1 Å². The maximum atomic E-state index is 13.4. The fraction of sp³-hybridized carbons (Fsp3) is 0.370. The van der Waals surface area contributed by atoms with Crippen LogP contribution in [0.4, 0.5) is 11.6 Å². The highest BCUT2D eigenvalue weighted by molar-refractivity contribution is 5.82. The number of nitrogens with one attached hydrogen (secondary N) is 2. The second-order valence-electron chi connectivity index (χ2n) is 10.0. The van der Waals surface area contributed by atoms with Crippen molar-refractivity contribution in [3.8, 4) is 5.69 Å². The van der Waals surface area contributed by atoms with Crippen LogP contribution in [0.5, 0.6) is 0 Å². The Kier molecular flexibility index (Phi) is 6.28. The number of carbonyl (C=O) groups is 1. The molecule has 4 aromatic rings. The molecule has 0 radical (unpaired) electrons. The predicted molar refractivity (Wildman–Crippen MR) is 141 cm³/mol. The van der Waals surface area contributed by atoms with Gasteiger partial charge in [0, 0.05) is 30.7 Å². The number of anilines is 2. The topological polar surface area (TPSA) is 116 Å². The van der Waals surface area contributed by atoms with E-state index in [1.807, 2.05) is 19.9 Å². The van der Waals surface area contributed by atoms with Gasteiger partial charge in [-0.15, -0.1) is 0 Å². The largest absolute Gasteiger partial charge is 0.468 e. The van der Waals surface area contributed by atoms with E-state index in [1.165, 1.54) is 18.2 Å². The van der Waals surface area contributed by atoms with E-state index in [9.17, 15) is 9.59 Å². The van der Waals surface area contributed by atoms with E-state index < -0.39 is 11.4 Å². The number of carbonyl (C=O) groups excluding carboxylic acids is 1. The van der Waals surface area contributed by atoms with Crippen LogP contribution in [-0.2, 0) is 27.9 Å². The summed E-state index contributed by atoms with van der Waals surface area (Å²) in [5.41, 5.74) is 3.95. The molecule has 0 atom stereocenters. The maximum absolute atomic E-state index is 13.4. The van der Waals surface area contributed by atoms with E-state index in [-0.39, 0.29) is 11.6 Å². The van der Waals surface area contributed by atoms with Crippen molar-refractivity contribution in [1.82, 2.24) is 29.6 Å². The van der Waals surface area contributed by atoms with Crippen molar-refractivity contribution < 1.29 is 9.53 Å². The molecule has 0 aliphatic carbocycles. The predicted octanol–water partition coefficient (Wildman–Crippen LogP) is 3.40. The molecule has 0 bridgehead atoms. The summed E-state index contributed by atoms with van der Waals surface area (Å²) >= 11 is 0. The third-order valence-electron chi connectivity index (χ3n) is 6.79. The first-order valence-electron chi connectivity index (χ1n) is 12.4. The third-order valence-corrected chi connectivity index (χ3v) is 6.79. The average molecular weight is 502 g/mol. The SMILES string of the molecule is COC(=O)C(C)(C)c1cc(-n2c3nc(Nc4ccc5c(c4)CNCC5)ncc3c(=O)n2C(C)C)ccn1. The highest BCUT2D eigenvalue weighted by Gasteiger charge is 2.33. The minimum Gasteiger partial charge on any atom is -0.468 e. The maximum Gasteiger partial charge on any atom is 0.317 e. The Balaban J connectivity index is 1.62. The molecule has 37 heavy (non-hydrogen) atoms. The average Bonchev–Trinajstić information content (AvgIpc) is 3.20. The number of esters is 1. The molecule has 4 heterocycles. The van der Waals surface area contributed by atoms with E-state index in [1.54, 1.807) is 47.7 Å². The summed E-state index contributed by atoms with van der Waals surface area (Å²) in [5.74, 6) is -0.0140. The summed E-state index contributed by atoms with van der Waals surface area (Å²) in [6, 6.07) is 9.68. The second kappa shape index (κ2) is 9.44. The summed E-state index contributed by atoms with van der Waals surface area (Å²) in [7, 11) is 1.36. The van der Waals surface area contributed by atoms with Crippen molar-refractivity contribution in [2.45, 2.75) is 52.1 Å². The van der Waals surface area contributed by atoms with Crippen LogP contribution in [0.1, 0.15) is 50.6 Å². The molecule has 1 aromatic carbocycles. The van der Waals surface area contributed by atoms with Gasteiger partial charge in [0.15, 0.2) is 5.65 Å². The molecule has 0 spiro atoms. The van der Waals surface area contributed by atoms with E-state index >= 15 is 0 Å². The lowest BCUT2D eigenvalue weighted by molar-refractivity contribution is -0.146. The summed E-state index contributed by atoms with van der Waals surface area (Å²) < 4.78 is 8.39. The fourth-order valence-electron chi connectivity index (χ4n) is 4.71. The second-order valence-corrected chi connectivity index (χ2v) is 10.0. The Labute approximate surface area is 214 Å². The summed E-state index contributed by atoms with van der Waals surface area (Å²) in [6.07, 6.45) is 4.19. The normalized spacial score (nSPS) is 13.6. The zero-order valence-electron chi connectivity index (χ0n) is 21.7. The van der Waals surface area contributed by atoms with Crippen molar-refractivity contribution >= 4 is 28.6 Å². The van der Waals surface area contributed by atoms with Crippen LogP contribution < -0.4 is 16.2 Å². The van der Waals surface area contributed by atoms with Crippen LogP contribution in [0.3, 0.4) is 0 Å². The lowest BCUT2D eigenvalue weighted by Gasteiger charge is -2.22. The lowest BCUT2D eigenvalue weighted by atomic mass is 9.89. The summed E-state index contributed by atoms with van der Waals surface area (Å²) in [6.45, 7) is 9.19. The summed E-state index contributed by atoms with van der Waals surface area (Å²) in [5, 5.41) is 7.09. The van der Waals surface area contributed by atoms with Gasteiger partial charge in [-0.3, -0.25) is 14.6 Å². The minimum absolute atomic E-state index is 0.156. The molecule has 0 amide bonds. The van der Waals surface area contributed by atoms with Gasteiger partial charge in [0.2, 0.25) is 5.95 Å². The van der Waals surface area contributed by atoms with E-state index in [0.717, 1.165) is 25.2 Å². The van der Waals surface area contributed by atoms with Crippen LogP contribution in [0.25, 0.3) is 16.7 Å². The van der Waals surface area contributed by atoms with Crippen molar-refractivity contribution in [2.24, 2.45) is 0 Å². The summed E-state index contributed by atoms with van der Waals surface area (Å²) in [4.78, 5) is 39.4. The van der Waals surface area contributed by atoms with Gasteiger partial charge < -0.3 is 15.4 Å². The minimum atomic E-state index is -0.973. The zero-order chi connectivity index (χ0) is 26.3. The molecular formula is C27H31N7O3. The number of fused-ring (bicyclic) bond motifs is 2. The number of nitrogens with zero attached hydrogens (tertiary/aromatic N) is 5. The first-order valence-corrected chi connectivity index (χ1v) is 12.4.